The molecule has 0 aliphatic rings. The van der Waals surface area contributed by atoms with E-state index in [0.29, 0.717) is 13.0 Å². The van der Waals surface area contributed by atoms with Crippen molar-refractivity contribution in [1.82, 2.24) is 5.32 Å². The molecule has 0 aliphatic heterocycles. The topological polar surface area (TPSA) is 78.4 Å². The van der Waals surface area contributed by atoms with Crippen molar-refractivity contribution in [3.8, 4) is 0 Å². The van der Waals surface area contributed by atoms with Gasteiger partial charge in [-0.2, -0.15) is 0 Å². The van der Waals surface area contributed by atoms with Crippen LogP contribution in [0.1, 0.15) is 32.3 Å². The Bertz CT molecular complexity index is 460. The average Bonchev–Trinajstić information content (AvgIpc) is 2.41. The zero-order valence-electron chi connectivity index (χ0n) is 12.0. The van der Waals surface area contributed by atoms with Gasteiger partial charge >= 0.3 is 12.0 Å². The molecule has 2 amide bonds. The molecule has 0 spiro atoms. The number of benzene rings is 1. The molecule has 0 saturated heterocycles. The zero-order chi connectivity index (χ0) is 15.0. The number of amides is 2. The molecule has 0 bridgehead atoms. The van der Waals surface area contributed by atoms with Crippen molar-refractivity contribution < 1.29 is 14.7 Å². The number of carbonyl (C=O) groups excluding carboxylic acids is 1. The van der Waals surface area contributed by atoms with Gasteiger partial charge in [0.2, 0.25) is 0 Å². The first kappa shape index (κ1) is 16.0. The minimum atomic E-state index is -0.847. The lowest BCUT2D eigenvalue weighted by atomic mass is 10.1. The van der Waals surface area contributed by atoms with Crippen LogP contribution in [0.5, 0.6) is 0 Å². The van der Waals surface area contributed by atoms with Gasteiger partial charge in [0.1, 0.15) is 0 Å². The van der Waals surface area contributed by atoms with E-state index in [2.05, 4.69) is 17.6 Å². The van der Waals surface area contributed by atoms with Crippen molar-refractivity contribution in [1.29, 1.82) is 0 Å². The smallest absolute Gasteiger partial charge is 0.319 e. The summed E-state index contributed by atoms with van der Waals surface area (Å²) in [4.78, 5) is 22.4. The first-order valence-corrected chi connectivity index (χ1v) is 6.90. The summed E-state index contributed by atoms with van der Waals surface area (Å²) in [5.74, 6) is -1.30. The SMILES string of the molecule is CCCc1ccccc1NC(=O)NCCC(C)C(=O)O. The Labute approximate surface area is 119 Å². The summed E-state index contributed by atoms with van der Waals surface area (Å²) < 4.78 is 0. The first-order chi connectivity index (χ1) is 9.54. The first-order valence-electron chi connectivity index (χ1n) is 6.90. The maximum Gasteiger partial charge on any atom is 0.319 e. The van der Waals surface area contributed by atoms with Crippen LogP contribution in [0.25, 0.3) is 0 Å². The molecular formula is C15H22N2O3. The number of urea groups is 1. The molecular weight excluding hydrogens is 256 g/mol. The average molecular weight is 278 g/mol. The maximum atomic E-state index is 11.8. The fraction of sp³-hybridized carbons (Fsp3) is 0.467. The van der Waals surface area contributed by atoms with Gasteiger partial charge in [0.25, 0.3) is 0 Å². The van der Waals surface area contributed by atoms with Crippen LogP contribution in [0.3, 0.4) is 0 Å². The number of carbonyl (C=O) groups is 2. The molecule has 0 fully saturated rings. The largest absolute Gasteiger partial charge is 0.481 e. The molecule has 1 aromatic rings. The number of anilines is 1. The monoisotopic (exact) mass is 278 g/mol. The number of para-hydroxylation sites is 1. The van der Waals surface area contributed by atoms with Crippen molar-refractivity contribution in [2.75, 3.05) is 11.9 Å². The van der Waals surface area contributed by atoms with Crippen LogP contribution in [0.4, 0.5) is 10.5 Å². The normalized spacial score (nSPS) is 11.7. The molecule has 1 aromatic carbocycles. The fourth-order valence-corrected chi connectivity index (χ4v) is 1.82. The van der Waals surface area contributed by atoms with Gasteiger partial charge in [0.05, 0.1) is 5.92 Å². The highest BCUT2D eigenvalue weighted by Crippen LogP contribution is 2.16. The summed E-state index contributed by atoms with van der Waals surface area (Å²) in [5.41, 5.74) is 1.90. The molecule has 0 saturated carbocycles. The van der Waals surface area contributed by atoms with Gasteiger partial charge in [0.15, 0.2) is 0 Å². The molecule has 3 N–H and O–H groups in total. The van der Waals surface area contributed by atoms with Crippen molar-refractivity contribution >= 4 is 17.7 Å². The van der Waals surface area contributed by atoms with Crippen LogP contribution in [0.2, 0.25) is 0 Å². The van der Waals surface area contributed by atoms with E-state index < -0.39 is 11.9 Å². The highest BCUT2D eigenvalue weighted by molar-refractivity contribution is 5.90. The van der Waals surface area contributed by atoms with E-state index in [4.69, 9.17) is 5.11 Å². The van der Waals surface area contributed by atoms with Crippen molar-refractivity contribution in [2.45, 2.75) is 33.1 Å². The minimum Gasteiger partial charge on any atom is -0.481 e. The predicted molar refractivity (Wildman–Crippen MR) is 78.9 cm³/mol. The minimum absolute atomic E-state index is 0.300. The zero-order valence-corrected chi connectivity index (χ0v) is 12.0. The summed E-state index contributed by atoms with van der Waals surface area (Å²) in [6.45, 7) is 4.05. The predicted octanol–water partition coefficient (Wildman–Crippen LogP) is 2.87. The summed E-state index contributed by atoms with van der Waals surface area (Å²) >= 11 is 0. The van der Waals surface area contributed by atoms with Crippen LogP contribution in [-0.2, 0) is 11.2 Å². The molecule has 5 nitrogen and oxygen atoms in total. The Morgan fingerprint density at radius 2 is 2.00 bits per heavy atom. The van der Waals surface area contributed by atoms with E-state index in [0.717, 1.165) is 24.1 Å². The number of hydrogen-bond acceptors (Lipinski definition) is 2. The molecule has 20 heavy (non-hydrogen) atoms. The number of carboxylic acids is 1. The Morgan fingerprint density at radius 1 is 1.30 bits per heavy atom. The van der Waals surface area contributed by atoms with E-state index >= 15 is 0 Å². The molecule has 110 valence electrons. The molecule has 1 atom stereocenters. The van der Waals surface area contributed by atoms with Gasteiger partial charge in [-0.05, 0) is 24.5 Å². The second kappa shape index (κ2) is 8.19. The van der Waals surface area contributed by atoms with Crippen molar-refractivity contribution in [3.63, 3.8) is 0 Å². The number of aliphatic carboxylic acids is 1. The third-order valence-electron chi connectivity index (χ3n) is 3.07. The third-order valence-corrected chi connectivity index (χ3v) is 3.07. The summed E-state index contributed by atoms with van der Waals surface area (Å²) in [5, 5.41) is 14.2. The second-order valence-electron chi connectivity index (χ2n) is 4.82. The van der Waals surface area contributed by atoms with Gasteiger partial charge in [-0.25, -0.2) is 4.79 Å². The summed E-state index contributed by atoms with van der Waals surface area (Å²) in [7, 11) is 0. The molecule has 0 radical (unpaired) electrons. The Morgan fingerprint density at radius 3 is 2.65 bits per heavy atom. The molecule has 0 aliphatic carbocycles. The van der Waals surface area contributed by atoms with Crippen LogP contribution >= 0.6 is 0 Å². The summed E-state index contributed by atoms with van der Waals surface area (Å²) in [6.07, 6.45) is 2.34. The molecule has 0 aromatic heterocycles. The van der Waals surface area contributed by atoms with E-state index in [9.17, 15) is 9.59 Å². The molecule has 1 rings (SSSR count). The third kappa shape index (κ3) is 5.30. The quantitative estimate of drug-likeness (QED) is 0.717. The second-order valence-corrected chi connectivity index (χ2v) is 4.82. The lowest BCUT2D eigenvalue weighted by molar-refractivity contribution is -0.141. The van der Waals surface area contributed by atoms with E-state index in [1.54, 1.807) is 6.92 Å². The Hall–Kier alpha value is -2.04. The van der Waals surface area contributed by atoms with Crippen LogP contribution in [-0.4, -0.2) is 23.7 Å². The standard InChI is InChI=1S/C15H22N2O3/c1-3-6-12-7-4-5-8-13(12)17-15(20)16-10-9-11(2)14(18)19/h4-5,7-8,11H,3,6,9-10H2,1-2H3,(H,18,19)(H2,16,17,20). The number of aryl methyl sites for hydroxylation is 1. The van der Waals surface area contributed by atoms with E-state index in [-0.39, 0.29) is 6.03 Å². The fourth-order valence-electron chi connectivity index (χ4n) is 1.82. The van der Waals surface area contributed by atoms with Crippen LogP contribution in [0, 0.1) is 5.92 Å². The highest BCUT2D eigenvalue weighted by atomic mass is 16.4. The lowest BCUT2D eigenvalue weighted by Crippen LogP contribution is -2.31. The van der Waals surface area contributed by atoms with E-state index in [1.165, 1.54) is 0 Å². The van der Waals surface area contributed by atoms with Crippen LogP contribution in [0.15, 0.2) is 24.3 Å². The number of hydrogen-bond donors (Lipinski definition) is 3. The Balaban J connectivity index is 2.44. The maximum absolute atomic E-state index is 11.8. The Kier molecular flexibility index (Phi) is 6.56. The van der Waals surface area contributed by atoms with Crippen molar-refractivity contribution in [3.05, 3.63) is 29.8 Å². The van der Waals surface area contributed by atoms with E-state index in [1.807, 2.05) is 24.3 Å². The summed E-state index contributed by atoms with van der Waals surface area (Å²) in [6, 6.07) is 7.38. The lowest BCUT2D eigenvalue weighted by Gasteiger charge is -2.12. The number of nitrogens with one attached hydrogen (secondary N) is 2. The van der Waals surface area contributed by atoms with Gasteiger partial charge in [-0.1, -0.05) is 38.5 Å². The molecule has 1 unspecified atom stereocenters. The number of rotatable bonds is 7. The van der Waals surface area contributed by atoms with Crippen LogP contribution < -0.4 is 10.6 Å². The molecule has 0 heterocycles. The molecule has 5 heteroatoms. The van der Waals surface area contributed by atoms with Gasteiger partial charge in [-0.3, -0.25) is 4.79 Å². The number of carboxylic acid groups (broad SMARTS) is 1. The van der Waals surface area contributed by atoms with Gasteiger partial charge in [0, 0.05) is 12.2 Å². The van der Waals surface area contributed by atoms with Gasteiger partial charge in [-0.15, -0.1) is 0 Å². The van der Waals surface area contributed by atoms with Gasteiger partial charge < -0.3 is 15.7 Å². The van der Waals surface area contributed by atoms with Crippen molar-refractivity contribution in [2.24, 2.45) is 5.92 Å². The highest BCUT2D eigenvalue weighted by Gasteiger charge is 2.11.